The first kappa shape index (κ1) is 14.3. The number of rotatable bonds is 4. The monoisotopic (exact) mass is 294 g/mol. The van der Waals surface area contributed by atoms with E-state index in [4.69, 9.17) is 16.3 Å². The lowest BCUT2D eigenvalue weighted by Crippen LogP contribution is -2.30. The van der Waals surface area contributed by atoms with E-state index in [0.717, 1.165) is 0 Å². The van der Waals surface area contributed by atoms with Crippen molar-refractivity contribution in [3.05, 3.63) is 53.4 Å². The van der Waals surface area contributed by atoms with Gasteiger partial charge < -0.3 is 10.1 Å². The summed E-state index contributed by atoms with van der Waals surface area (Å²) < 4.78 is 18.1. The Morgan fingerprint density at radius 2 is 2.00 bits per heavy atom. The highest BCUT2D eigenvalue weighted by Gasteiger charge is 2.15. The van der Waals surface area contributed by atoms with Crippen molar-refractivity contribution in [3.63, 3.8) is 0 Å². The average Bonchev–Trinajstić information content (AvgIpc) is 2.44. The maximum absolute atomic E-state index is 12.7. The summed E-state index contributed by atoms with van der Waals surface area (Å²) in [5, 5.41) is 3.08. The third-order valence-corrected chi connectivity index (χ3v) is 2.70. The maximum atomic E-state index is 12.7. The molecule has 1 aromatic carbocycles. The van der Waals surface area contributed by atoms with Crippen LogP contribution in [0, 0.1) is 5.82 Å². The minimum Gasteiger partial charge on any atom is -0.481 e. The Bertz CT molecular complexity index is 587. The van der Waals surface area contributed by atoms with E-state index in [2.05, 4.69) is 10.3 Å². The number of halogens is 2. The van der Waals surface area contributed by atoms with Crippen LogP contribution < -0.4 is 10.1 Å². The molecule has 0 aliphatic heterocycles. The van der Waals surface area contributed by atoms with Gasteiger partial charge in [0.15, 0.2) is 6.10 Å². The Kier molecular flexibility index (Phi) is 4.53. The largest absolute Gasteiger partial charge is 0.481 e. The van der Waals surface area contributed by atoms with Gasteiger partial charge in [-0.2, -0.15) is 0 Å². The number of benzene rings is 1. The van der Waals surface area contributed by atoms with Crippen LogP contribution in [0.5, 0.6) is 5.75 Å². The number of carbonyl (C=O) groups is 1. The summed E-state index contributed by atoms with van der Waals surface area (Å²) >= 11 is 5.70. The Morgan fingerprint density at radius 3 is 2.60 bits per heavy atom. The number of carbonyl (C=O) groups excluding carboxylic acids is 1. The molecular formula is C14H12ClFN2O2. The van der Waals surface area contributed by atoms with E-state index < -0.39 is 6.10 Å². The minimum atomic E-state index is -0.738. The molecule has 2 aromatic rings. The van der Waals surface area contributed by atoms with E-state index in [0.29, 0.717) is 16.6 Å². The molecule has 0 saturated carbocycles. The van der Waals surface area contributed by atoms with Gasteiger partial charge in [-0.1, -0.05) is 11.6 Å². The highest BCUT2D eigenvalue weighted by atomic mass is 35.5. The van der Waals surface area contributed by atoms with Gasteiger partial charge in [0.25, 0.3) is 5.91 Å². The second kappa shape index (κ2) is 6.34. The number of hydrogen-bond acceptors (Lipinski definition) is 3. The first-order valence-corrected chi connectivity index (χ1v) is 6.27. The lowest BCUT2D eigenvalue weighted by Gasteiger charge is -2.14. The van der Waals surface area contributed by atoms with Crippen molar-refractivity contribution in [2.75, 3.05) is 5.32 Å². The van der Waals surface area contributed by atoms with Crippen molar-refractivity contribution < 1.29 is 13.9 Å². The second-order valence-electron chi connectivity index (χ2n) is 4.06. The fraction of sp³-hybridized carbons (Fsp3) is 0.143. The predicted molar refractivity (Wildman–Crippen MR) is 74.4 cm³/mol. The first-order chi connectivity index (χ1) is 9.54. The third-order valence-electron chi connectivity index (χ3n) is 2.47. The van der Waals surface area contributed by atoms with Crippen LogP contribution in [-0.2, 0) is 4.79 Å². The van der Waals surface area contributed by atoms with Crippen molar-refractivity contribution in [1.29, 1.82) is 0 Å². The van der Waals surface area contributed by atoms with Gasteiger partial charge >= 0.3 is 0 Å². The van der Waals surface area contributed by atoms with Gasteiger partial charge in [0, 0.05) is 6.20 Å². The summed E-state index contributed by atoms with van der Waals surface area (Å²) in [5.74, 6) is 0.0797. The molecule has 1 heterocycles. The van der Waals surface area contributed by atoms with Crippen molar-refractivity contribution in [2.24, 2.45) is 0 Å². The van der Waals surface area contributed by atoms with Crippen LogP contribution >= 0.6 is 11.6 Å². The SMILES string of the molecule is C[C@@H](Oc1ccc(F)cc1)C(=O)Nc1ccc(Cl)cn1. The summed E-state index contributed by atoms with van der Waals surface area (Å²) in [4.78, 5) is 15.8. The standard InChI is InChI=1S/C14H12ClFN2O2/c1-9(20-12-5-3-11(16)4-6-12)14(19)18-13-7-2-10(15)8-17-13/h2-9H,1H3,(H,17,18,19)/t9-/m1/s1. The molecule has 0 aliphatic carbocycles. The van der Waals surface area contributed by atoms with Crippen molar-refractivity contribution >= 4 is 23.3 Å². The zero-order valence-corrected chi connectivity index (χ0v) is 11.4. The molecule has 20 heavy (non-hydrogen) atoms. The number of amides is 1. The van der Waals surface area contributed by atoms with Crippen LogP contribution in [0.15, 0.2) is 42.6 Å². The summed E-state index contributed by atoms with van der Waals surface area (Å²) in [6.07, 6.45) is 0.695. The van der Waals surface area contributed by atoms with Gasteiger partial charge in [-0.05, 0) is 43.3 Å². The lowest BCUT2D eigenvalue weighted by molar-refractivity contribution is -0.122. The number of pyridine rings is 1. The van der Waals surface area contributed by atoms with E-state index in [1.165, 1.54) is 30.5 Å². The van der Waals surface area contributed by atoms with Crippen LogP contribution in [0.25, 0.3) is 0 Å². The smallest absolute Gasteiger partial charge is 0.266 e. The van der Waals surface area contributed by atoms with Crippen molar-refractivity contribution in [1.82, 2.24) is 4.98 Å². The van der Waals surface area contributed by atoms with Gasteiger partial charge in [-0.25, -0.2) is 9.37 Å². The molecule has 2 rings (SSSR count). The van der Waals surface area contributed by atoms with Crippen LogP contribution in [-0.4, -0.2) is 17.0 Å². The topological polar surface area (TPSA) is 51.2 Å². The molecule has 1 amide bonds. The predicted octanol–water partition coefficient (Wildman–Crippen LogP) is 3.28. The fourth-order valence-corrected chi connectivity index (χ4v) is 1.56. The number of nitrogens with one attached hydrogen (secondary N) is 1. The summed E-state index contributed by atoms with van der Waals surface area (Å²) in [6.45, 7) is 1.59. The first-order valence-electron chi connectivity index (χ1n) is 5.89. The lowest BCUT2D eigenvalue weighted by atomic mass is 10.3. The molecule has 6 heteroatoms. The molecule has 0 radical (unpaired) electrons. The van der Waals surface area contributed by atoms with Crippen LogP contribution in [0.1, 0.15) is 6.92 Å². The highest BCUT2D eigenvalue weighted by molar-refractivity contribution is 6.30. The van der Waals surface area contributed by atoms with Gasteiger partial charge in [0.05, 0.1) is 5.02 Å². The zero-order valence-electron chi connectivity index (χ0n) is 10.6. The van der Waals surface area contributed by atoms with Crippen LogP contribution in [0.3, 0.4) is 0 Å². The molecule has 104 valence electrons. The summed E-state index contributed by atoms with van der Waals surface area (Å²) in [6, 6.07) is 8.65. The molecule has 0 aliphatic rings. The van der Waals surface area contributed by atoms with Gasteiger partial charge in [-0.15, -0.1) is 0 Å². The molecule has 0 spiro atoms. The second-order valence-corrected chi connectivity index (χ2v) is 4.50. The number of ether oxygens (including phenoxy) is 1. The van der Waals surface area contributed by atoms with Gasteiger partial charge in [-0.3, -0.25) is 4.79 Å². The van der Waals surface area contributed by atoms with Crippen molar-refractivity contribution in [3.8, 4) is 5.75 Å². The van der Waals surface area contributed by atoms with E-state index in [1.54, 1.807) is 19.1 Å². The minimum absolute atomic E-state index is 0.357. The third kappa shape index (κ3) is 3.93. The number of anilines is 1. The molecule has 0 fully saturated rings. The molecule has 0 saturated heterocycles. The summed E-state index contributed by atoms with van der Waals surface area (Å²) in [7, 11) is 0. The molecule has 0 unspecified atom stereocenters. The van der Waals surface area contributed by atoms with E-state index in [-0.39, 0.29) is 11.7 Å². The number of aromatic nitrogens is 1. The molecule has 1 aromatic heterocycles. The molecule has 1 N–H and O–H groups in total. The molecular weight excluding hydrogens is 283 g/mol. The molecule has 1 atom stereocenters. The zero-order chi connectivity index (χ0) is 14.5. The van der Waals surface area contributed by atoms with Crippen LogP contribution in [0.4, 0.5) is 10.2 Å². The Hall–Kier alpha value is -2.14. The molecule has 0 bridgehead atoms. The maximum Gasteiger partial charge on any atom is 0.266 e. The van der Waals surface area contributed by atoms with E-state index in [9.17, 15) is 9.18 Å². The van der Waals surface area contributed by atoms with E-state index >= 15 is 0 Å². The molecule has 4 nitrogen and oxygen atoms in total. The number of nitrogens with zero attached hydrogens (tertiary/aromatic N) is 1. The average molecular weight is 295 g/mol. The quantitative estimate of drug-likeness (QED) is 0.941. The Balaban J connectivity index is 1.94. The Labute approximate surface area is 120 Å². The number of hydrogen-bond donors (Lipinski definition) is 1. The fourth-order valence-electron chi connectivity index (χ4n) is 1.45. The van der Waals surface area contributed by atoms with E-state index in [1.807, 2.05) is 0 Å². The Morgan fingerprint density at radius 1 is 1.30 bits per heavy atom. The van der Waals surface area contributed by atoms with Crippen LogP contribution in [0.2, 0.25) is 5.02 Å². The highest BCUT2D eigenvalue weighted by Crippen LogP contribution is 2.14. The summed E-state index contributed by atoms with van der Waals surface area (Å²) in [5.41, 5.74) is 0. The van der Waals surface area contributed by atoms with Gasteiger partial charge in [0.2, 0.25) is 0 Å². The normalized spacial score (nSPS) is 11.8. The van der Waals surface area contributed by atoms with Crippen molar-refractivity contribution in [2.45, 2.75) is 13.0 Å². The van der Waals surface area contributed by atoms with Gasteiger partial charge in [0.1, 0.15) is 17.4 Å².